The third-order valence-electron chi connectivity index (χ3n) is 2.99. The van der Waals surface area contributed by atoms with Crippen LogP contribution in [0.1, 0.15) is 26.7 Å². The molecule has 94 valence electrons. The normalized spacial score (nSPS) is 12.1. The molecule has 0 aliphatic rings. The van der Waals surface area contributed by atoms with E-state index >= 15 is 0 Å². The summed E-state index contributed by atoms with van der Waals surface area (Å²) in [7, 11) is 0. The standard InChI is InChI=1S/C17H20O/c1-3-7-14(2)18-17-12-10-16(11-13-17)15-8-5-4-6-9-15/h4-6,8-14H,3,7H2,1-2H3. The van der Waals surface area contributed by atoms with Crippen molar-refractivity contribution in [1.29, 1.82) is 0 Å². The third kappa shape index (κ3) is 3.36. The van der Waals surface area contributed by atoms with Crippen LogP contribution in [0.3, 0.4) is 0 Å². The number of hydrogen-bond donors (Lipinski definition) is 0. The zero-order valence-electron chi connectivity index (χ0n) is 11.1. The second-order valence-corrected chi connectivity index (χ2v) is 4.61. The Morgan fingerprint density at radius 2 is 1.50 bits per heavy atom. The van der Waals surface area contributed by atoms with Crippen molar-refractivity contribution in [1.82, 2.24) is 0 Å². The highest BCUT2D eigenvalue weighted by atomic mass is 16.5. The monoisotopic (exact) mass is 240 g/mol. The van der Waals surface area contributed by atoms with Gasteiger partial charge in [0.1, 0.15) is 5.75 Å². The third-order valence-corrected chi connectivity index (χ3v) is 2.99. The van der Waals surface area contributed by atoms with Crippen molar-refractivity contribution in [2.24, 2.45) is 0 Å². The molecule has 0 N–H and O–H groups in total. The first-order chi connectivity index (χ1) is 8.79. The topological polar surface area (TPSA) is 9.23 Å². The molecule has 0 aromatic heterocycles. The average molecular weight is 240 g/mol. The van der Waals surface area contributed by atoms with Crippen LogP contribution >= 0.6 is 0 Å². The van der Waals surface area contributed by atoms with E-state index in [1.54, 1.807) is 0 Å². The zero-order valence-corrected chi connectivity index (χ0v) is 11.1. The molecule has 0 saturated carbocycles. The van der Waals surface area contributed by atoms with E-state index in [-0.39, 0.29) is 6.10 Å². The van der Waals surface area contributed by atoms with Gasteiger partial charge in [-0.2, -0.15) is 0 Å². The first-order valence-corrected chi connectivity index (χ1v) is 6.61. The molecule has 0 bridgehead atoms. The minimum Gasteiger partial charge on any atom is -0.491 e. The van der Waals surface area contributed by atoms with Crippen molar-refractivity contribution in [2.75, 3.05) is 0 Å². The Morgan fingerprint density at radius 1 is 0.889 bits per heavy atom. The van der Waals surface area contributed by atoms with E-state index in [1.807, 2.05) is 6.07 Å². The van der Waals surface area contributed by atoms with Crippen LogP contribution in [-0.2, 0) is 0 Å². The molecule has 1 unspecified atom stereocenters. The van der Waals surface area contributed by atoms with Crippen LogP contribution in [0.25, 0.3) is 11.1 Å². The fourth-order valence-electron chi connectivity index (χ4n) is 2.05. The highest BCUT2D eigenvalue weighted by Gasteiger charge is 2.03. The van der Waals surface area contributed by atoms with Gasteiger partial charge in [-0.3, -0.25) is 0 Å². The second-order valence-electron chi connectivity index (χ2n) is 4.61. The van der Waals surface area contributed by atoms with Gasteiger partial charge in [0, 0.05) is 0 Å². The van der Waals surface area contributed by atoms with E-state index in [1.165, 1.54) is 11.1 Å². The van der Waals surface area contributed by atoms with Crippen LogP contribution in [-0.4, -0.2) is 6.10 Å². The molecule has 0 aliphatic carbocycles. The first kappa shape index (κ1) is 12.7. The molecule has 0 heterocycles. The number of benzene rings is 2. The Balaban J connectivity index is 2.06. The molecule has 0 saturated heterocycles. The smallest absolute Gasteiger partial charge is 0.119 e. The van der Waals surface area contributed by atoms with Crippen molar-refractivity contribution in [3.8, 4) is 16.9 Å². The molecule has 0 spiro atoms. The van der Waals surface area contributed by atoms with Gasteiger partial charge in [-0.15, -0.1) is 0 Å². The molecular formula is C17H20O. The molecule has 18 heavy (non-hydrogen) atoms. The predicted octanol–water partition coefficient (Wildman–Crippen LogP) is 4.92. The van der Waals surface area contributed by atoms with Crippen molar-refractivity contribution in [3.05, 3.63) is 54.6 Å². The van der Waals surface area contributed by atoms with Gasteiger partial charge >= 0.3 is 0 Å². The van der Waals surface area contributed by atoms with Crippen molar-refractivity contribution in [2.45, 2.75) is 32.8 Å². The number of rotatable bonds is 5. The quantitative estimate of drug-likeness (QED) is 0.720. The summed E-state index contributed by atoms with van der Waals surface area (Å²) in [5.74, 6) is 0.954. The maximum Gasteiger partial charge on any atom is 0.119 e. The van der Waals surface area contributed by atoms with E-state index < -0.39 is 0 Å². The van der Waals surface area contributed by atoms with Gasteiger partial charge in [-0.25, -0.2) is 0 Å². The van der Waals surface area contributed by atoms with Crippen molar-refractivity contribution >= 4 is 0 Å². The van der Waals surface area contributed by atoms with Crippen LogP contribution in [0, 0.1) is 0 Å². The molecule has 1 atom stereocenters. The highest BCUT2D eigenvalue weighted by Crippen LogP contribution is 2.22. The van der Waals surface area contributed by atoms with Gasteiger partial charge in [0.25, 0.3) is 0 Å². The summed E-state index contributed by atoms with van der Waals surface area (Å²) in [5, 5.41) is 0. The summed E-state index contributed by atoms with van der Waals surface area (Å²) >= 11 is 0. The lowest BCUT2D eigenvalue weighted by Crippen LogP contribution is -2.10. The molecule has 2 rings (SSSR count). The van der Waals surface area contributed by atoms with Crippen molar-refractivity contribution in [3.63, 3.8) is 0 Å². The molecule has 0 aliphatic heterocycles. The molecular weight excluding hydrogens is 220 g/mol. The Morgan fingerprint density at radius 3 is 2.11 bits per heavy atom. The number of ether oxygens (including phenoxy) is 1. The summed E-state index contributed by atoms with van der Waals surface area (Å²) in [5.41, 5.74) is 2.47. The molecule has 1 nitrogen and oxygen atoms in total. The van der Waals surface area contributed by atoms with Gasteiger partial charge in [0.15, 0.2) is 0 Å². The summed E-state index contributed by atoms with van der Waals surface area (Å²) in [6.07, 6.45) is 2.54. The second kappa shape index (κ2) is 6.25. The highest BCUT2D eigenvalue weighted by molar-refractivity contribution is 5.63. The van der Waals surface area contributed by atoms with Crippen LogP contribution in [0.15, 0.2) is 54.6 Å². The Bertz CT molecular complexity index is 459. The van der Waals surface area contributed by atoms with Crippen LogP contribution in [0.2, 0.25) is 0 Å². The zero-order chi connectivity index (χ0) is 12.8. The lowest BCUT2D eigenvalue weighted by molar-refractivity contribution is 0.210. The minimum atomic E-state index is 0.289. The van der Waals surface area contributed by atoms with Gasteiger partial charge in [0.2, 0.25) is 0 Å². The average Bonchev–Trinajstić information content (AvgIpc) is 2.41. The Labute approximate surface area is 109 Å². The molecule has 2 aromatic carbocycles. The first-order valence-electron chi connectivity index (χ1n) is 6.61. The fourth-order valence-corrected chi connectivity index (χ4v) is 2.05. The van der Waals surface area contributed by atoms with Crippen LogP contribution in [0.4, 0.5) is 0 Å². The molecule has 1 heteroatoms. The Hall–Kier alpha value is -1.76. The summed E-state index contributed by atoms with van der Waals surface area (Å²) in [6, 6.07) is 18.7. The Kier molecular flexibility index (Phi) is 4.40. The molecule has 0 fully saturated rings. The summed E-state index contributed by atoms with van der Waals surface area (Å²) in [4.78, 5) is 0. The lowest BCUT2D eigenvalue weighted by Gasteiger charge is -2.14. The fraction of sp³-hybridized carbons (Fsp3) is 0.294. The molecule has 0 amide bonds. The lowest BCUT2D eigenvalue weighted by atomic mass is 10.1. The van der Waals surface area contributed by atoms with E-state index in [0.29, 0.717) is 0 Å². The van der Waals surface area contributed by atoms with Crippen molar-refractivity contribution < 1.29 is 4.74 Å². The maximum absolute atomic E-state index is 5.85. The van der Waals surface area contributed by atoms with E-state index in [2.05, 4.69) is 62.4 Å². The molecule has 2 aromatic rings. The largest absolute Gasteiger partial charge is 0.491 e. The summed E-state index contributed by atoms with van der Waals surface area (Å²) in [6.45, 7) is 4.30. The molecule has 0 radical (unpaired) electrons. The van der Waals surface area contributed by atoms with E-state index in [4.69, 9.17) is 4.74 Å². The van der Waals surface area contributed by atoms with Crippen LogP contribution in [0.5, 0.6) is 5.75 Å². The van der Waals surface area contributed by atoms with E-state index in [9.17, 15) is 0 Å². The minimum absolute atomic E-state index is 0.289. The summed E-state index contributed by atoms with van der Waals surface area (Å²) < 4.78 is 5.85. The van der Waals surface area contributed by atoms with Gasteiger partial charge in [-0.05, 0) is 36.6 Å². The van der Waals surface area contributed by atoms with E-state index in [0.717, 1.165) is 18.6 Å². The van der Waals surface area contributed by atoms with Crippen LogP contribution < -0.4 is 4.74 Å². The number of hydrogen-bond acceptors (Lipinski definition) is 1. The van der Waals surface area contributed by atoms with Gasteiger partial charge < -0.3 is 4.74 Å². The van der Waals surface area contributed by atoms with Gasteiger partial charge in [-0.1, -0.05) is 55.8 Å². The predicted molar refractivity (Wildman–Crippen MR) is 76.9 cm³/mol. The van der Waals surface area contributed by atoms with Gasteiger partial charge in [0.05, 0.1) is 6.10 Å². The maximum atomic E-state index is 5.85. The SMILES string of the molecule is CCCC(C)Oc1ccc(-c2ccccc2)cc1.